The number of amides is 2. The highest BCUT2D eigenvalue weighted by molar-refractivity contribution is 5.98. The Morgan fingerprint density at radius 3 is 2.31 bits per heavy atom. The van der Waals surface area contributed by atoms with Gasteiger partial charge < -0.3 is 23.7 Å². The number of carbonyl (C=O) groups excluding carboxylic acids is 2. The Balaban J connectivity index is 1.83. The summed E-state index contributed by atoms with van der Waals surface area (Å²) < 4.78 is 16.0. The van der Waals surface area contributed by atoms with Gasteiger partial charge in [-0.15, -0.1) is 0 Å². The molecular formula is C18H21N3O5. The lowest BCUT2D eigenvalue weighted by molar-refractivity contribution is -0.130. The van der Waals surface area contributed by atoms with Crippen LogP contribution in [-0.2, 0) is 4.79 Å². The van der Waals surface area contributed by atoms with Crippen LogP contribution in [-0.4, -0.2) is 67.0 Å². The Bertz CT molecular complexity index is 809. The van der Waals surface area contributed by atoms with Gasteiger partial charge in [-0.05, 0) is 18.2 Å². The second kappa shape index (κ2) is 7.47. The van der Waals surface area contributed by atoms with Crippen LogP contribution in [0.1, 0.15) is 17.4 Å². The number of piperazine rings is 1. The van der Waals surface area contributed by atoms with Crippen molar-refractivity contribution in [1.29, 1.82) is 0 Å². The molecule has 0 saturated carbocycles. The van der Waals surface area contributed by atoms with Crippen molar-refractivity contribution in [1.82, 2.24) is 14.8 Å². The topological polar surface area (TPSA) is 85.1 Å². The molecule has 1 aliphatic rings. The predicted molar refractivity (Wildman–Crippen MR) is 93.2 cm³/mol. The summed E-state index contributed by atoms with van der Waals surface area (Å²) in [5.41, 5.74) is 0.916. The number of nitrogens with zero attached hydrogens (tertiary/aromatic N) is 3. The van der Waals surface area contributed by atoms with Crippen LogP contribution < -0.4 is 9.47 Å². The first-order valence-corrected chi connectivity index (χ1v) is 8.25. The minimum absolute atomic E-state index is 0.0181. The zero-order valence-corrected chi connectivity index (χ0v) is 15.0. The maximum absolute atomic E-state index is 12.9. The zero-order chi connectivity index (χ0) is 18.7. The maximum atomic E-state index is 12.9. The van der Waals surface area contributed by atoms with E-state index in [0.717, 1.165) is 0 Å². The minimum atomic E-state index is -0.216. The van der Waals surface area contributed by atoms with E-state index in [4.69, 9.17) is 13.9 Å². The summed E-state index contributed by atoms with van der Waals surface area (Å²) in [6, 6.07) is 5.27. The molecule has 26 heavy (non-hydrogen) atoms. The van der Waals surface area contributed by atoms with Crippen molar-refractivity contribution in [3.8, 4) is 22.8 Å². The van der Waals surface area contributed by atoms with Crippen molar-refractivity contribution in [3.05, 3.63) is 30.3 Å². The molecule has 0 atom stereocenters. The largest absolute Gasteiger partial charge is 0.493 e. The number of benzene rings is 1. The Kier molecular flexibility index (Phi) is 5.11. The molecule has 1 saturated heterocycles. The van der Waals surface area contributed by atoms with E-state index < -0.39 is 0 Å². The lowest BCUT2D eigenvalue weighted by Gasteiger charge is -2.33. The fourth-order valence-corrected chi connectivity index (χ4v) is 2.95. The second-order valence-corrected chi connectivity index (χ2v) is 5.90. The Morgan fingerprint density at radius 1 is 1.04 bits per heavy atom. The van der Waals surface area contributed by atoms with Crippen molar-refractivity contribution < 1.29 is 23.5 Å². The average Bonchev–Trinajstić information content (AvgIpc) is 3.16. The van der Waals surface area contributed by atoms with Crippen LogP contribution in [0.2, 0.25) is 0 Å². The van der Waals surface area contributed by atoms with Gasteiger partial charge in [-0.3, -0.25) is 9.59 Å². The molecule has 2 heterocycles. The van der Waals surface area contributed by atoms with Gasteiger partial charge >= 0.3 is 0 Å². The van der Waals surface area contributed by atoms with E-state index in [1.165, 1.54) is 13.3 Å². The summed E-state index contributed by atoms with van der Waals surface area (Å²) in [7, 11) is 3.10. The molecule has 0 N–H and O–H groups in total. The number of methoxy groups -OCH3 is 2. The van der Waals surface area contributed by atoms with Gasteiger partial charge in [0.05, 0.1) is 14.2 Å². The monoisotopic (exact) mass is 359 g/mol. The zero-order valence-electron chi connectivity index (χ0n) is 15.0. The fraction of sp³-hybridized carbons (Fsp3) is 0.389. The molecule has 2 amide bonds. The fourth-order valence-electron chi connectivity index (χ4n) is 2.95. The Hall–Kier alpha value is -3.03. The number of hydrogen-bond acceptors (Lipinski definition) is 6. The lowest BCUT2D eigenvalue weighted by atomic mass is 10.1. The van der Waals surface area contributed by atoms with E-state index in [0.29, 0.717) is 49.0 Å². The molecule has 0 unspecified atom stereocenters. The molecule has 1 fully saturated rings. The molecule has 138 valence electrons. The normalized spacial score (nSPS) is 14.3. The summed E-state index contributed by atoms with van der Waals surface area (Å²) in [5.74, 6) is 1.31. The van der Waals surface area contributed by atoms with Crippen LogP contribution in [0.15, 0.2) is 29.0 Å². The van der Waals surface area contributed by atoms with Crippen LogP contribution in [0, 0.1) is 0 Å². The summed E-state index contributed by atoms with van der Waals surface area (Å²) in [4.78, 5) is 31.8. The van der Waals surface area contributed by atoms with E-state index in [1.807, 2.05) is 0 Å². The van der Waals surface area contributed by atoms with E-state index >= 15 is 0 Å². The Labute approximate surface area is 151 Å². The smallest absolute Gasteiger partial charge is 0.276 e. The van der Waals surface area contributed by atoms with Gasteiger partial charge in [-0.1, -0.05) is 0 Å². The van der Waals surface area contributed by atoms with Gasteiger partial charge in [0.1, 0.15) is 0 Å². The highest BCUT2D eigenvalue weighted by Crippen LogP contribution is 2.33. The highest BCUT2D eigenvalue weighted by Gasteiger charge is 2.28. The number of ether oxygens (including phenoxy) is 2. The molecule has 2 aromatic rings. The first kappa shape index (κ1) is 17.8. The molecule has 1 aromatic carbocycles. The molecular weight excluding hydrogens is 338 g/mol. The van der Waals surface area contributed by atoms with Gasteiger partial charge in [0.2, 0.25) is 5.91 Å². The second-order valence-electron chi connectivity index (χ2n) is 5.90. The van der Waals surface area contributed by atoms with Gasteiger partial charge in [0.25, 0.3) is 5.91 Å². The quantitative estimate of drug-likeness (QED) is 0.825. The van der Waals surface area contributed by atoms with Gasteiger partial charge in [0.15, 0.2) is 29.3 Å². The summed E-state index contributed by atoms with van der Waals surface area (Å²) >= 11 is 0. The van der Waals surface area contributed by atoms with E-state index in [9.17, 15) is 9.59 Å². The molecule has 8 nitrogen and oxygen atoms in total. The molecule has 1 aromatic heterocycles. The predicted octanol–water partition coefficient (Wildman–Crippen LogP) is 1.66. The molecule has 1 aliphatic heterocycles. The standard InChI is InChI=1S/C18H21N3O5/c1-12(22)20-6-8-21(9-7-20)18(23)16-17(26-11-19-16)13-4-5-14(24-2)15(10-13)25-3/h4-5,10-11H,6-9H2,1-3H3. The number of oxazole rings is 1. The number of rotatable bonds is 4. The molecule has 0 spiro atoms. The van der Waals surface area contributed by atoms with Crippen LogP contribution in [0.5, 0.6) is 11.5 Å². The first-order valence-electron chi connectivity index (χ1n) is 8.25. The lowest BCUT2D eigenvalue weighted by Crippen LogP contribution is -2.50. The van der Waals surface area contributed by atoms with Gasteiger partial charge in [-0.2, -0.15) is 0 Å². The van der Waals surface area contributed by atoms with Crippen molar-refractivity contribution in [2.45, 2.75) is 6.92 Å². The first-order chi connectivity index (χ1) is 12.5. The molecule has 8 heteroatoms. The summed E-state index contributed by atoms with van der Waals surface area (Å²) in [6.07, 6.45) is 1.26. The molecule has 0 aliphatic carbocycles. The summed E-state index contributed by atoms with van der Waals surface area (Å²) in [5, 5.41) is 0. The SMILES string of the molecule is COc1ccc(-c2ocnc2C(=O)N2CCN(C(C)=O)CC2)cc1OC. The van der Waals surface area contributed by atoms with E-state index in [2.05, 4.69) is 4.98 Å². The van der Waals surface area contributed by atoms with Crippen molar-refractivity contribution in [2.24, 2.45) is 0 Å². The van der Waals surface area contributed by atoms with E-state index in [-0.39, 0.29) is 17.5 Å². The van der Waals surface area contributed by atoms with Crippen LogP contribution in [0.4, 0.5) is 0 Å². The molecule has 0 bridgehead atoms. The number of carbonyl (C=O) groups is 2. The van der Waals surface area contributed by atoms with Crippen molar-refractivity contribution in [2.75, 3.05) is 40.4 Å². The molecule has 0 radical (unpaired) electrons. The summed E-state index contributed by atoms with van der Waals surface area (Å²) in [6.45, 7) is 3.51. The molecule has 3 rings (SSSR count). The van der Waals surface area contributed by atoms with Gasteiger partial charge in [-0.25, -0.2) is 4.98 Å². The minimum Gasteiger partial charge on any atom is -0.493 e. The van der Waals surface area contributed by atoms with Gasteiger partial charge in [0, 0.05) is 38.7 Å². The Morgan fingerprint density at radius 2 is 1.69 bits per heavy atom. The van der Waals surface area contributed by atoms with Crippen LogP contribution in [0.3, 0.4) is 0 Å². The third-order valence-electron chi connectivity index (χ3n) is 4.43. The van der Waals surface area contributed by atoms with Crippen LogP contribution in [0.25, 0.3) is 11.3 Å². The van der Waals surface area contributed by atoms with Crippen molar-refractivity contribution in [3.63, 3.8) is 0 Å². The maximum Gasteiger partial charge on any atom is 0.276 e. The average molecular weight is 359 g/mol. The van der Waals surface area contributed by atoms with E-state index in [1.54, 1.807) is 42.2 Å². The third kappa shape index (κ3) is 3.35. The third-order valence-corrected chi connectivity index (χ3v) is 4.43. The van der Waals surface area contributed by atoms with Crippen LogP contribution >= 0.6 is 0 Å². The number of aromatic nitrogens is 1. The highest BCUT2D eigenvalue weighted by atomic mass is 16.5. The number of hydrogen-bond donors (Lipinski definition) is 0. The van der Waals surface area contributed by atoms with Crippen molar-refractivity contribution >= 4 is 11.8 Å².